The van der Waals surface area contributed by atoms with E-state index in [1.807, 2.05) is 0 Å². The average molecular weight is 350 g/mol. The van der Waals surface area contributed by atoms with Crippen molar-refractivity contribution in [1.29, 1.82) is 0 Å². The number of rotatable bonds is 4. The Morgan fingerprint density at radius 2 is 2.08 bits per heavy atom. The first kappa shape index (κ1) is 18.6. The zero-order chi connectivity index (χ0) is 18.8. The normalized spacial score (nSPS) is 15.0. The number of benzene rings is 1. The summed E-state index contributed by atoms with van der Waals surface area (Å²) in [6.07, 6.45) is -0.406. The lowest BCUT2D eigenvalue weighted by Crippen LogP contribution is -2.49. The number of hydrogen-bond acceptors (Lipinski definition) is 5. The van der Waals surface area contributed by atoms with Crippen LogP contribution in [0.15, 0.2) is 18.2 Å². The van der Waals surface area contributed by atoms with Crippen LogP contribution in [0, 0.1) is 0 Å². The highest BCUT2D eigenvalue weighted by molar-refractivity contribution is 6.03. The number of fused-ring (bicyclic) bond motifs is 1. The molecule has 0 aliphatic carbocycles. The summed E-state index contributed by atoms with van der Waals surface area (Å²) in [6, 6.07) is 3.67. The Kier molecular flexibility index (Phi) is 5.20. The number of anilines is 2. The fourth-order valence-corrected chi connectivity index (χ4v) is 2.48. The Morgan fingerprint density at radius 3 is 2.64 bits per heavy atom. The maximum absolute atomic E-state index is 12.2. The number of hydrogen-bond donors (Lipinski definition) is 2. The van der Waals surface area contributed by atoms with Gasteiger partial charge in [0.2, 0.25) is 0 Å². The van der Waals surface area contributed by atoms with Gasteiger partial charge in [-0.2, -0.15) is 0 Å². The molecule has 0 spiro atoms. The maximum Gasteiger partial charge on any atom is 0.412 e. The van der Waals surface area contributed by atoms with Gasteiger partial charge in [0, 0.05) is 5.69 Å². The van der Waals surface area contributed by atoms with E-state index in [0.29, 0.717) is 17.1 Å². The van der Waals surface area contributed by atoms with Crippen LogP contribution in [0.1, 0.15) is 34.1 Å². The number of carboxylic acid groups (broad SMARTS) is 1. The van der Waals surface area contributed by atoms with Gasteiger partial charge >= 0.3 is 12.1 Å². The van der Waals surface area contributed by atoms with Gasteiger partial charge < -0.3 is 14.6 Å². The Bertz CT molecular complexity index is 695. The summed E-state index contributed by atoms with van der Waals surface area (Å²) in [6.45, 7) is 6.69. The van der Waals surface area contributed by atoms with Gasteiger partial charge in [-0.25, -0.2) is 9.59 Å². The van der Waals surface area contributed by atoms with Gasteiger partial charge in [-0.3, -0.25) is 15.0 Å². The third kappa shape index (κ3) is 4.40. The van der Waals surface area contributed by atoms with Crippen molar-refractivity contribution in [3.05, 3.63) is 18.2 Å². The first-order chi connectivity index (χ1) is 11.6. The van der Waals surface area contributed by atoms with Crippen LogP contribution in [0.2, 0.25) is 0 Å². The van der Waals surface area contributed by atoms with Gasteiger partial charge in [-0.05, 0) is 45.4 Å². The van der Waals surface area contributed by atoms with E-state index in [1.54, 1.807) is 39.8 Å². The second-order valence-corrected chi connectivity index (χ2v) is 6.62. The van der Waals surface area contributed by atoms with Crippen LogP contribution in [0.4, 0.5) is 16.2 Å². The lowest BCUT2D eigenvalue weighted by atomic mass is 10.1. The fourth-order valence-electron chi connectivity index (χ4n) is 2.48. The molecule has 1 aromatic rings. The van der Waals surface area contributed by atoms with Crippen molar-refractivity contribution >= 4 is 29.3 Å². The third-order valence-electron chi connectivity index (χ3n) is 3.47. The zero-order valence-electron chi connectivity index (χ0n) is 14.7. The van der Waals surface area contributed by atoms with E-state index in [2.05, 4.69) is 5.32 Å². The summed E-state index contributed by atoms with van der Waals surface area (Å²) in [5.41, 5.74) is 0.0237. The molecule has 25 heavy (non-hydrogen) atoms. The first-order valence-corrected chi connectivity index (χ1v) is 7.94. The van der Waals surface area contributed by atoms with Gasteiger partial charge in [0.1, 0.15) is 17.4 Å². The molecule has 8 nitrogen and oxygen atoms in total. The number of ether oxygens (including phenoxy) is 2. The minimum Gasteiger partial charge on any atom is -0.482 e. The highest BCUT2D eigenvalue weighted by Crippen LogP contribution is 2.36. The summed E-state index contributed by atoms with van der Waals surface area (Å²) in [5, 5.41) is 12.0. The molecule has 2 N–H and O–H groups in total. The van der Waals surface area contributed by atoms with E-state index in [-0.39, 0.29) is 13.0 Å². The molecule has 0 fully saturated rings. The van der Waals surface area contributed by atoms with Crippen LogP contribution >= 0.6 is 0 Å². The van der Waals surface area contributed by atoms with Crippen molar-refractivity contribution in [2.24, 2.45) is 0 Å². The summed E-state index contributed by atoms with van der Waals surface area (Å²) in [4.78, 5) is 36.8. The van der Waals surface area contributed by atoms with Crippen LogP contribution < -0.4 is 15.0 Å². The van der Waals surface area contributed by atoms with Gasteiger partial charge in [0.15, 0.2) is 6.61 Å². The first-order valence-electron chi connectivity index (χ1n) is 7.94. The number of nitrogens with one attached hydrogen (secondary N) is 1. The van der Waals surface area contributed by atoms with Crippen LogP contribution in [0.25, 0.3) is 0 Å². The summed E-state index contributed by atoms with van der Waals surface area (Å²) in [5.74, 6) is -1.17. The maximum atomic E-state index is 12.2. The van der Waals surface area contributed by atoms with Gasteiger partial charge in [0.25, 0.3) is 5.91 Å². The minimum atomic E-state index is -1.10. The molecule has 0 radical (unpaired) electrons. The predicted octanol–water partition coefficient (Wildman–Crippen LogP) is 2.62. The Morgan fingerprint density at radius 1 is 1.40 bits per heavy atom. The highest BCUT2D eigenvalue weighted by atomic mass is 16.6. The van der Waals surface area contributed by atoms with Crippen molar-refractivity contribution in [3.8, 4) is 5.75 Å². The highest BCUT2D eigenvalue weighted by Gasteiger charge is 2.35. The second-order valence-electron chi connectivity index (χ2n) is 6.62. The van der Waals surface area contributed by atoms with E-state index in [4.69, 9.17) is 9.47 Å². The molecule has 1 unspecified atom stereocenters. The molecule has 0 saturated carbocycles. The molecule has 1 atom stereocenters. The van der Waals surface area contributed by atoms with Crippen molar-refractivity contribution in [3.63, 3.8) is 0 Å². The van der Waals surface area contributed by atoms with Gasteiger partial charge in [-0.15, -0.1) is 0 Å². The Hall–Kier alpha value is -2.77. The second kappa shape index (κ2) is 7.00. The molecular formula is C17H22N2O6. The standard InChI is InChI=1S/C17H22N2O6/c1-5-11(15(21)22)19-12-8-10(18-16(23)25-17(2,3)4)6-7-13(12)24-9-14(19)20/h6-8,11H,5,9H2,1-4H3,(H,18,23)(H,21,22). The molecule has 8 heteroatoms. The minimum absolute atomic E-state index is 0.227. The van der Waals surface area contributed by atoms with Crippen LogP contribution in [-0.4, -0.2) is 41.3 Å². The van der Waals surface area contributed by atoms with Gasteiger partial charge in [-0.1, -0.05) is 6.92 Å². The summed E-state index contributed by atoms with van der Waals surface area (Å²) in [7, 11) is 0. The van der Waals surface area contributed by atoms with E-state index >= 15 is 0 Å². The average Bonchev–Trinajstić information content (AvgIpc) is 2.48. The Balaban J connectivity index is 2.32. The molecule has 2 amide bonds. The Labute approximate surface area is 145 Å². The molecule has 1 heterocycles. The molecule has 1 aromatic carbocycles. The monoisotopic (exact) mass is 350 g/mol. The third-order valence-corrected chi connectivity index (χ3v) is 3.47. The zero-order valence-corrected chi connectivity index (χ0v) is 14.7. The summed E-state index contributed by atoms with van der Waals surface area (Å²) >= 11 is 0. The molecule has 1 aliphatic rings. The fraction of sp³-hybridized carbons (Fsp3) is 0.471. The molecule has 0 aromatic heterocycles. The molecular weight excluding hydrogens is 328 g/mol. The van der Waals surface area contributed by atoms with E-state index in [0.717, 1.165) is 0 Å². The molecule has 136 valence electrons. The van der Waals surface area contributed by atoms with Crippen molar-refractivity contribution in [2.75, 3.05) is 16.8 Å². The SMILES string of the molecule is CCC(C(=O)O)N1C(=O)COc2ccc(NC(=O)OC(C)(C)C)cc21. The number of carbonyl (C=O) groups excluding carboxylic acids is 2. The molecule has 0 bridgehead atoms. The predicted molar refractivity (Wildman–Crippen MR) is 91.0 cm³/mol. The van der Waals surface area contributed by atoms with E-state index < -0.39 is 29.6 Å². The van der Waals surface area contributed by atoms with E-state index in [9.17, 15) is 19.5 Å². The number of carboxylic acids is 1. The molecule has 0 saturated heterocycles. The number of amides is 2. The van der Waals surface area contributed by atoms with Crippen molar-refractivity contribution in [1.82, 2.24) is 0 Å². The van der Waals surface area contributed by atoms with Crippen LogP contribution in [0.5, 0.6) is 5.75 Å². The van der Waals surface area contributed by atoms with Gasteiger partial charge in [0.05, 0.1) is 5.69 Å². The van der Waals surface area contributed by atoms with Crippen LogP contribution in [-0.2, 0) is 14.3 Å². The molecule has 1 aliphatic heterocycles. The topological polar surface area (TPSA) is 105 Å². The summed E-state index contributed by atoms with van der Waals surface area (Å²) < 4.78 is 10.5. The number of carbonyl (C=O) groups is 3. The van der Waals surface area contributed by atoms with Crippen LogP contribution in [0.3, 0.4) is 0 Å². The molecule has 2 rings (SSSR count). The van der Waals surface area contributed by atoms with Crippen molar-refractivity contribution in [2.45, 2.75) is 45.8 Å². The van der Waals surface area contributed by atoms with Crippen molar-refractivity contribution < 1.29 is 29.0 Å². The lowest BCUT2D eigenvalue weighted by molar-refractivity contribution is -0.140. The number of nitrogens with zero attached hydrogens (tertiary/aromatic N) is 1. The smallest absolute Gasteiger partial charge is 0.412 e. The number of aliphatic carboxylic acids is 1. The van der Waals surface area contributed by atoms with E-state index in [1.165, 1.54) is 11.0 Å². The quantitative estimate of drug-likeness (QED) is 0.865. The largest absolute Gasteiger partial charge is 0.482 e. The lowest BCUT2D eigenvalue weighted by Gasteiger charge is -2.33.